The number of amides is 1. The number of carbonyl (C=O) groups is 1. The standard InChI is InChI=1S/C17H26N2O/c1-15-9-3-4-10-16(15)18-17(20)11-5-8-14-19-12-6-2-7-13-19/h2,6-7,12-13,15-16H,3-5,8-11,14H2,1H3/p+1. The average Bonchev–Trinajstić information content (AvgIpc) is 2.47. The molecule has 0 aromatic carbocycles. The molecule has 1 aliphatic carbocycles. The third-order valence-corrected chi connectivity index (χ3v) is 4.31. The molecule has 0 aliphatic heterocycles. The molecule has 1 amide bonds. The number of carbonyl (C=O) groups excluding carboxylic acids is 1. The van der Waals surface area contributed by atoms with Crippen molar-refractivity contribution in [1.29, 1.82) is 0 Å². The van der Waals surface area contributed by atoms with E-state index in [0.717, 1.165) is 25.8 Å². The fraction of sp³-hybridized carbons (Fsp3) is 0.647. The van der Waals surface area contributed by atoms with Crippen molar-refractivity contribution in [2.45, 2.75) is 64.5 Å². The zero-order valence-corrected chi connectivity index (χ0v) is 12.6. The van der Waals surface area contributed by atoms with E-state index in [4.69, 9.17) is 0 Å². The van der Waals surface area contributed by atoms with Crippen LogP contribution >= 0.6 is 0 Å². The molecule has 0 spiro atoms. The van der Waals surface area contributed by atoms with E-state index in [-0.39, 0.29) is 5.91 Å². The van der Waals surface area contributed by atoms with Gasteiger partial charge in [0.25, 0.3) is 0 Å². The molecule has 2 rings (SSSR count). The molecule has 1 fully saturated rings. The number of rotatable bonds is 6. The molecule has 1 N–H and O–H groups in total. The lowest BCUT2D eigenvalue weighted by molar-refractivity contribution is -0.697. The summed E-state index contributed by atoms with van der Waals surface area (Å²) >= 11 is 0. The largest absolute Gasteiger partial charge is 0.353 e. The van der Waals surface area contributed by atoms with Gasteiger partial charge in [-0.3, -0.25) is 4.79 Å². The third-order valence-electron chi connectivity index (χ3n) is 4.31. The van der Waals surface area contributed by atoms with Crippen LogP contribution in [0.5, 0.6) is 0 Å². The molecule has 20 heavy (non-hydrogen) atoms. The van der Waals surface area contributed by atoms with Gasteiger partial charge >= 0.3 is 0 Å². The molecule has 2 atom stereocenters. The van der Waals surface area contributed by atoms with Crippen molar-refractivity contribution in [2.24, 2.45) is 5.92 Å². The van der Waals surface area contributed by atoms with E-state index in [9.17, 15) is 4.79 Å². The molecule has 0 bridgehead atoms. The summed E-state index contributed by atoms with van der Waals surface area (Å²) in [6, 6.07) is 6.52. The van der Waals surface area contributed by atoms with Crippen molar-refractivity contribution in [3.63, 3.8) is 0 Å². The van der Waals surface area contributed by atoms with E-state index in [1.165, 1.54) is 19.3 Å². The summed E-state index contributed by atoms with van der Waals surface area (Å²) in [5.74, 6) is 0.884. The summed E-state index contributed by atoms with van der Waals surface area (Å²) in [7, 11) is 0. The maximum atomic E-state index is 12.0. The highest BCUT2D eigenvalue weighted by Crippen LogP contribution is 2.23. The Kier molecular flexibility index (Phi) is 6.03. The van der Waals surface area contributed by atoms with Crippen LogP contribution in [0, 0.1) is 5.92 Å². The number of aromatic nitrogens is 1. The lowest BCUT2D eigenvalue weighted by atomic mass is 9.86. The third kappa shape index (κ3) is 4.95. The Morgan fingerprint density at radius 3 is 2.65 bits per heavy atom. The highest BCUT2D eigenvalue weighted by molar-refractivity contribution is 5.76. The topological polar surface area (TPSA) is 33.0 Å². The van der Waals surface area contributed by atoms with E-state index < -0.39 is 0 Å². The second kappa shape index (κ2) is 8.03. The van der Waals surface area contributed by atoms with Crippen LogP contribution in [0.1, 0.15) is 51.9 Å². The zero-order chi connectivity index (χ0) is 14.2. The van der Waals surface area contributed by atoms with Gasteiger partial charge in [0, 0.05) is 31.0 Å². The molecule has 0 saturated heterocycles. The number of unbranched alkanes of at least 4 members (excludes halogenated alkanes) is 1. The Bertz CT molecular complexity index is 405. The Hall–Kier alpha value is -1.38. The van der Waals surface area contributed by atoms with Gasteiger partial charge in [0.1, 0.15) is 6.54 Å². The number of pyridine rings is 1. The van der Waals surface area contributed by atoms with Crippen molar-refractivity contribution in [1.82, 2.24) is 5.32 Å². The Morgan fingerprint density at radius 2 is 1.90 bits per heavy atom. The first-order valence-corrected chi connectivity index (χ1v) is 7.99. The van der Waals surface area contributed by atoms with Gasteiger partial charge in [-0.05, 0) is 25.2 Å². The van der Waals surface area contributed by atoms with Gasteiger partial charge in [0.15, 0.2) is 12.4 Å². The molecule has 1 aliphatic rings. The van der Waals surface area contributed by atoms with Gasteiger partial charge in [-0.15, -0.1) is 0 Å². The van der Waals surface area contributed by atoms with Crippen LogP contribution < -0.4 is 9.88 Å². The number of hydrogen-bond donors (Lipinski definition) is 1. The predicted octanol–water partition coefficient (Wildman–Crippen LogP) is 2.84. The molecular formula is C17H27N2O+. The first-order chi connectivity index (χ1) is 9.75. The van der Waals surface area contributed by atoms with Crippen molar-refractivity contribution in [3.8, 4) is 0 Å². The molecule has 110 valence electrons. The Balaban J connectivity index is 1.60. The van der Waals surface area contributed by atoms with Gasteiger partial charge in [-0.25, -0.2) is 4.57 Å². The first-order valence-electron chi connectivity index (χ1n) is 7.99. The van der Waals surface area contributed by atoms with Crippen LogP contribution in [0.15, 0.2) is 30.6 Å². The van der Waals surface area contributed by atoms with Gasteiger partial charge < -0.3 is 5.32 Å². The second-order valence-corrected chi connectivity index (χ2v) is 6.01. The van der Waals surface area contributed by atoms with Crippen molar-refractivity contribution in [2.75, 3.05) is 0 Å². The van der Waals surface area contributed by atoms with Gasteiger partial charge in [-0.1, -0.05) is 25.8 Å². The Labute approximate surface area is 122 Å². The maximum Gasteiger partial charge on any atom is 0.220 e. The number of hydrogen-bond acceptors (Lipinski definition) is 1. The molecule has 1 aromatic heterocycles. The highest BCUT2D eigenvalue weighted by atomic mass is 16.1. The van der Waals surface area contributed by atoms with E-state index in [1.807, 2.05) is 18.2 Å². The zero-order valence-electron chi connectivity index (χ0n) is 12.6. The summed E-state index contributed by atoms with van der Waals surface area (Å²) in [6.07, 6.45) is 11.8. The van der Waals surface area contributed by atoms with Crippen LogP contribution in [-0.4, -0.2) is 11.9 Å². The minimum atomic E-state index is 0.238. The smallest absolute Gasteiger partial charge is 0.220 e. The number of nitrogens with one attached hydrogen (secondary N) is 1. The van der Waals surface area contributed by atoms with Crippen LogP contribution in [0.25, 0.3) is 0 Å². The summed E-state index contributed by atoms with van der Waals surface area (Å²) in [5.41, 5.74) is 0. The molecule has 3 nitrogen and oxygen atoms in total. The van der Waals surface area contributed by atoms with Crippen molar-refractivity contribution < 1.29 is 9.36 Å². The summed E-state index contributed by atoms with van der Waals surface area (Å²) in [5, 5.41) is 3.22. The van der Waals surface area contributed by atoms with Gasteiger partial charge in [0.05, 0.1) is 0 Å². The lowest BCUT2D eigenvalue weighted by Gasteiger charge is -2.29. The fourth-order valence-electron chi connectivity index (χ4n) is 2.97. The second-order valence-electron chi connectivity index (χ2n) is 6.01. The number of aryl methyl sites for hydroxylation is 1. The van der Waals surface area contributed by atoms with E-state index in [0.29, 0.717) is 18.4 Å². The van der Waals surface area contributed by atoms with E-state index in [1.54, 1.807) is 0 Å². The molecule has 1 heterocycles. The number of nitrogens with zero attached hydrogens (tertiary/aromatic N) is 1. The summed E-state index contributed by atoms with van der Waals surface area (Å²) in [6.45, 7) is 3.25. The quantitative estimate of drug-likeness (QED) is 0.628. The summed E-state index contributed by atoms with van der Waals surface area (Å²) in [4.78, 5) is 12.0. The van der Waals surface area contributed by atoms with Crippen LogP contribution in [0.3, 0.4) is 0 Å². The van der Waals surface area contributed by atoms with Crippen LogP contribution in [0.2, 0.25) is 0 Å². The molecule has 0 radical (unpaired) electrons. The van der Waals surface area contributed by atoms with E-state index >= 15 is 0 Å². The lowest BCUT2D eigenvalue weighted by Crippen LogP contribution is -2.41. The first kappa shape index (κ1) is 15.0. The molecule has 3 heteroatoms. The van der Waals surface area contributed by atoms with Gasteiger partial charge in [-0.2, -0.15) is 0 Å². The molecule has 2 unspecified atom stereocenters. The highest BCUT2D eigenvalue weighted by Gasteiger charge is 2.22. The van der Waals surface area contributed by atoms with E-state index in [2.05, 4.69) is 29.2 Å². The minimum Gasteiger partial charge on any atom is -0.353 e. The summed E-state index contributed by atoms with van der Waals surface area (Å²) < 4.78 is 2.17. The average molecular weight is 275 g/mol. The Morgan fingerprint density at radius 1 is 1.15 bits per heavy atom. The fourth-order valence-corrected chi connectivity index (χ4v) is 2.97. The van der Waals surface area contributed by atoms with Crippen molar-refractivity contribution in [3.05, 3.63) is 30.6 Å². The molecule has 1 aromatic rings. The molecule has 1 saturated carbocycles. The minimum absolute atomic E-state index is 0.238. The monoisotopic (exact) mass is 275 g/mol. The maximum absolute atomic E-state index is 12.0. The van der Waals surface area contributed by atoms with Crippen LogP contribution in [0.4, 0.5) is 0 Å². The van der Waals surface area contributed by atoms with Gasteiger partial charge in [0.2, 0.25) is 5.91 Å². The molecular weight excluding hydrogens is 248 g/mol. The predicted molar refractivity (Wildman–Crippen MR) is 80.1 cm³/mol. The SMILES string of the molecule is CC1CCCCC1NC(=O)CCCC[n+]1ccccc1. The normalized spacial score (nSPS) is 22.4. The van der Waals surface area contributed by atoms with Crippen LogP contribution in [-0.2, 0) is 11.3 Å². The van der Waals surface area contributed by atoms with Crippen molar-refractivity contribution >= 4 is 5.91 Å².